The molecule has 4 rings (SSSR count). The summed E-state index contributed by atoms with van der Waals surface area (Å²) in [5.74, 6) is -0.124. The largest absolute Gasteiger partial charge is 0.379 e. The molecule has 0 saturated carbocycles. The zero-order chi connectivity index (χ0) is 31.1. The van der Waals surface area contributed by atoms with Crippen LogP contribution >= 0.6 is 11.6 Å². The Bertz CT molecular complexity index is 1250. The monoisotopic (exact) mass is 611 g/mol. The minimum atomic E-state index is -0.667. The molecule has 43 heavy (non-hydrogen) atoms. The van der Waals surface area contributed by atoms with Gasteiger partial charge in [-0.15, -0.1) is 0 Å². The Morgan fingerprint density at radius 3 is 2.09 bits per heavy atom. The molecule has 2 aromatic carbocycles. The summed E-state index contributed by atoms with van der Waals surface area (Å²) < 4.78 is 5.48. The Kier molecular flexibility index (Phi) is 12.0. The van der Waals surface area contributed by atoms with Crippen LogP contribution in [0.3, 0.4) is 0 Å². The smallest absolute Gasteiger partial charge is 0.240 e. The zero-order valence-corrected chi connectivity index (χ0v) is 27.1. The molecule has 4 N–H and O–H groups in total. The van der Waals surface area contributed by atoms with E-state index < -0.39 is 12.1 Å². The third-order valence-corrected chi connectivity index (χ3v) is 9.54. The first-order valence-electron chi connectivity index (χ1n) is 15.8. The Balaban J connectivity index is 1.43. The lowest BCUT2D eigenvalue weighted by Crippen LogP contribution is -2.64. The summed E-state index contributed by atoms with van der Waals surface area (Å²) in [4.78, 5) is 33.8. The summed E-state index contributed by atoms with van der Waals surface area (Å²) in [5, 5.41) is 0.699. The number of rotatable bonds is 11. The molecule has 2 saturated heterocycles. The topological polar surface area (TPSA) is 105 Å². The van der Waals surface area contributed by atoms with Crippen LogP contribution in [0.5, 0.6) is 0 Å². The van der Waals surface area contributed by atoms with E-state index in [-0.39, 0.29) is 23.9 Å². The van der Waals surface area contributed by atoms with E-state index in [4.69, 9.17) is 27.8 Å². The fraction of sp³-hybridized carbons (Fsp3) is 0.588. The SMILES string of the molecule is Cc1ccc(CC(N)C(=O)N2C[C@@H](C)N(C(=O)C(N)Cc3ccc(Cl)c(C)c3)CC2CCCCN2CCOCC2)cc1C. The van der Waals surface area contributed by atoms with Gasteiger partial charge in [-0.3, -0.25) is 14.5 Å². The first-order valence-corrected chi connectivity index (χ1v) is 16.1. The van der Waals surface area contributed by atoms with Crippen molar-refractivity contribution in [1.82, 2.24) is 14.7 Å². The van der Waals surface area contributed by atoms with Crippen LogP contribution in [0.25, 0.3) is 0 Å². The summed E-state index contributed by atoms with van der Waals surface area (Å²) >= 11 is 6.20. The number of hydrogen-bond acceptors (Lipinski definition) is 6. The molecule has 2 aliphatic heterocycles. The van der Waals surface area contributed by atoms with Crippen LogP contribution < -0.4 is 11.5 Å². The third-order valence-electron chi connectivity index (χ3n) is 9.11. The molecule has 0 aliphatic carbocycles. The van der Waals surface area contributed by atoms with Crippen molar-refractivity contribution in [3.63, 3.8) is 0 Å². The lowest BCUT2D eigenvalue weighted by Gasteiger charge is -2.47. The summed E-state index contributed by atoms with van der Waals surface area (Å²) in [6, 6.07) is 10.5. The van der Waals surface area contributed by atoms with Gasteiger partial charge in [0.1, 0.15) is 0 Å². The fourth-order valence-electron chi connectivity index (χ4n) is 6.27. The normalized spacial score (nSPS) is 21.1. The van der Waals surface area contributed by atoms with Gasteiger partial charge >= 0.3 is 0 Å². The van der Waals surface area contributed by atoms with Gasteiger partial charge in [0.15, 0.2) is 0 Å². The highest BCUT2D eigenvalue weighted by Crippen LogP contribution is 2.24. The lowest BCUT2D eigenvalue weighted by atomic mass is 9.96. The van der Waals surface area contributed by atoms with E-state index in [9.17, 15) is 9.59 Å². The lowest BCUT2D eigenvalue weighted by molar-refractivity contribution is -0.148. The van der Waals surface area contributed by atoms with Crippen molar-refractivity contribution in [1.29, 1.82) is 0 Å². The predicted molar refractivity (Wildman–Crippen MR) is 173 cm³/mol. The quantitative estimate of drug-likeness (QED) is 0.376. The average molecular weight is 612 g/mol. The number of piperazine rings is 1. The number of carbonyl (C=O) groups is 2. The molecule has 236 valence electrons. The van der Waals surface area contributed by atoms with Gasteiger partial charge in [0.25, 0.3) is 0 Å². The van der Waals surface area contributed by atoms with Crippen molar-refractivity contribution in [2.24, 2.45) is 11.5 Å². The van der Waals surface area contributed by atoms with Crippen LogP contribution in [-0.4, -0.2) is 96.6 Å². The molecule has 2 aliphatic rings. The molecule has 3 unspecified atom stereocenters. The van der Waals surface area contributed by atoms with Crippen molar-refractivity contribution < 1.29 is 14.3 Å². The van der Waals surface area contributed by atoms with Crippen LogP contribution in [0.15, 0.2) is 36.4 Å². The van der Waals surface area contributed by atoms with Crippen molar-refractivity contribution >= 4 is 23.4 Å². The van der Waals surface area contributed by atoms with Crippen LogP contribution in [0, 0.1) is 20.8 Å². The van der Waals surface area contributed by atoms with E-state index in [1.54, 1.807) is 0 Å². The Morgan fingerprint density at radius 2 is 1.47 bits per heavy atom. The zero-order valence-electron chi connectivity index (χ0n) is 26.4. The summed E-state index contributed by atoms with van der Waals surface area (Å²) in [5.41, 5.74) is 18.5. The summed E-state index contributed by atoms with van der Waals surface area (Å²) in [6.45, 7) is 13.5. The number of morpholine rings is 1. The van der Waals surface area contributed by atoms with Gasteiger partial charge in [-0.1, -0.05) is 48.4 Å². The van der Waals surface area contributed by atoms with Crippen LogP contribution in [0.1, 0.15) is 54.0 Å². The maximum absolute atomic E-state index is 13.8. The van der Waals surface area contributed by atoms with E-state index in [0.29, 0.717) is 31.0 Å². The van der Waals surface area contributed by atoms with Gasteiger partial charge in [-0.2, -0.15) is 0 Å². The van der Waals surface area contributed by atoms with Gasteiger partial charge in [-0.25, -0.2) is 0 Å². The average Bonchev–Trinajstić information content (AvgIpc) is 2.99. The van der Waals surface area contributed by atoms with Crippen LogP contribution in [-0.2, 0) is 27.2 Å². The molecule has 2 amide bonds. The maximum Gasteiger partial charge on any atom is 0.240 e. The highest BCUT2D eigenvalue weighted by molar-refractivity contribution is 6.31. The highest BCUT2D eigenvalue weighted by atomic mass is 35.5. The number of ether oxygens (including phenoxy) is 1. The van der Waals surface area contributed by atoms with Crippen LogP contribution in [0.2, 0.25) is 5.02 Å². The number of hydrogen-bond donors (Lipinski definition) is 2. The molecule has 0 aromatic heterocycles. The third kappa shape index (κ3) is 9.02. The molecule has 2 fully saturated rings. The Labute approximate surface area is 262 Å². The molecule has 0 radical (unpaired) electrons. The number of amides is 2. The fourth-order valence-corrected chi connectivity index (χ4v) is 6.39. The molecular weight excluding hydrogens is 562 g/mol. The number of nitrogens with two attached hydrogens (primary N) is 2. The van der Waals surface area contributed by atoms with E-state index in [0.717, 1.165) is 68.8 Å². The molecule has 8 nitrogen and oxygen atoms in total. The predicted octanol–water partition coefficient (Wildman–Crippen LogP) is 3.64. The molecule has 2 heterocycles. The van der Waals surface area contributed by atoms with E-state index in [2.05, 4.69) is 36.9 Å². The van der Waals surface area contributed by atoms with Gasteiger partial charge in [0.2, 0.25) is 11.8 Å². The van der Waals surface area contributed by atoms with Gasteiger partial charge < -0.3 is 26.0 Å². The highest BCUT2D eigenvalue weighted by Gasteiger charge is 2.39. The summed E-state index contributed by atoms with van der Waals surface area (Å²) in [7, 11) is 0. The first-order chi connectivity index (χ1) is 20.5. The number of carbonyl (C=O) groups excluding carboxylic acids is 2. The van der Waals surface area contributed by atoms with E-state index >= 15 is 0 Å². The molecule has 0 bridgehead atoms. The number of halogens is 1. The van der Waals surface area contributed by atoms with Crippen molar-refractivity contribution in [3.05, 3.63) is 69.2 Å². The Hall–Kier alpha value is -2.49. The number of unbranched alkanes of at least 4 members (excludes halogenated alkanes) is 1. The molecular formula is C34H50ClN5O3. The summed E-state index contributed by atoms with van der Waals surface area (Å²) in [6.07, 6.45) is 3.74. The second kappa shape index (κ2) is 15.5. The van der Waals surface area contributed by atoms with E-state index in [1.165, 1.54) is 11.1 Å². The van der Waals surface area contributed by atoms with Gasteiger partial charge in [0, 0.05) is 43.3 Å². The van der Waals surface area contributed by atoms with Crippen LogP contribution in [0.4, 0.5) is 0 Å². The second-order valence-corrected chi connectivity index (χ2v) is 13.0. The minimum Gasteiger partial charge on any atom is -0.379 e. The molecule has 4 atom stereocenters. The van der Waals surface area contributed by atoms with Gasteiger partial charge in [0.05, 0.1) is 25.3 Å². The Morgan fingerprint density at radius 1 is 0.860 bits per heavy atom. The van der Waals surface area contributed by atoms with Gasteiger partial charge in [-0.05, 0) is 93.8 Å². The number of benzene rings is 2. The molecule has 2 aromatic rings. The van der Waals surface area contributed by atoms with E-state index in [1.807, 2.05) is 41.8 Å². The molecule has 9 heteroatoms. The minimum absolute atomic E-state index is 0.0451. The standard InChI is InChI=1S/C34H50ClN5O3/c1-23-8-9-27(17-24(23)2)19-32(37)34(42)40-21-26(4)39(22-29(40)7-5-6-12-38-13-15-43-16-14-38)33(41)31(36)20-28-10-11-30(35)25(3)18-28/h8-11,17-18,26,29,31-32H,5-7,12-16,19-22,36-37H2,1-4H3/t26-,29?,31?,32?/m1/s1. The van der Waals surface area contributed by atoms with Crippen molar-refractivity contribution in [3.8, 4) is 0 Å². The number of nitrogens with zero attached hydrogens (tertiary/aromatic N) is 3. The van der Waals surface area contributed by atoms with Crippen molar-refractivity contribution in [2.75, 3.05) is 45.9 Å². The maximum atomic E-state index is 13.8. The number of aryl methyl sites for hydroxylation is 3. The first kappa shape index (κ1) is 33.4. The second-order valence-electron chi connectivity index (χ2n) is 12.6. The van der Waals surface area contributed by atoms with Crippen molar-refractivity contribution in [2.45, 2.75) is 84.0 Å². The molecule has 0 spiro atoms.